The van der Waals surface area contributed by atoms with Crippen LogP contribution in [0.5, 0.6) is 0 Å². The molecule has 5 atom stereocenters. The maximum absolute atomic E-state index is 11.4. The van der Waals surface area contributed by atoms with Crippen LogP contribution in [0, 0.1) is 0 Å². The van der Waals surface area contributed by atoms with Gasteiger partial charge in [0, 0.05) is 27.7 Å². The first-order chi connectivity index (χ1) is 11.1. The molecule has 136 valence electrons. The van der Waals surface area contributed by atoms with E-state index in [1.807, 2.05) is 0 Å². The monoisotopic (exact) mass is 410 g/mol. The predicted molar refractivity (Wildman–Crippen MR) is 80.9 cm³/mol. The van der Waals surface area contributed by atoms with Crippen molar-refractivity contribution in [3.05, 3.63) is 0 Å². The van der Waals surface area contributed by atoms with E-state index >= 15 is 0 Å². The van der Waals surface area contributed by atoms with Gasteiger partial charge < -0.3 is 23.7 Å². The number of hydrogen-bond acceptors (Lipinski definition) is 9. The summed E-state index contributed by atoms with van der Waals surface area (Å²) in [6, 6.07) is 0. The quantitative estimate of drug-likeness (QED) is 0.362. The highest BCUT2D eigenvalue weighted by atomic mass is 79.9. The fourth-order valence-electron chi connectivity index (χ4n) is 2.18. The Labute approximate surface area is 147 Å². The average Bonchev–Trinajstić information content (AvgIpc) is 2.42. The highest BCUT2D eigenvalue weighted by molar-refractivity contribution is 9.09. The predicted octanol–water partition coefficient (Wildman–Crippen LogP) is 0.464. The van der Waals surface area contributed by atoms with Crippen LogP contribution < -0.4 is 0 Å². The molecule has 9 nitrogen and oxygen atoms in total. The molecule has 1 rings (SSSR count). The Hall–Kier alpha value is -1.68. The van der Waals surface area contributed by atoms with Gasteiger partial charge in [0.25, 0.3) is 0 Å². The molecule has 0 bridgehead atoms. The number of carbonyl (C=O) groups is 4. The van der Waals surface area contributed by atoms with Crippen molar-refractivity contribution in [3.63, 3.8) is 0 Å². The maximum Gasteiger partial charge on any atom is 0.303 e. The first-order valence-electron chi connectivity index (χ1n) is 7.06. The first kappa shape index (κ1) is 20.4. The Morgan fingerprint density at radius 1 is 0.792 bits per heavy atom. The summed E-state index contributed by atoms with van der Waals surface area (Å²) in [6.45, 7) is 4.47. The molecule has 1 aliphatic heterocycles. The molecule has 24 heavy (non-hydrogen) atoms. The van der Waals surface area contributed by atoms with Gasteiger partial charge in [-0.1, -0.05) is 15.9 Å². The molecule has 10 heteroatoms. The molecule has 1 saturated heterocycles. The van der Waals surface area contributed by atoms with Crippen molar-refractivity contribution in [1.82, 2.24) is 0 Å². The fourth-order valence-corrected chi connectivity index (χ4v) is 2.86. The molecule has 0 N–H and O–H groups in total. The van der Waals surface area contributed by atoms with E-state index in [0.29, 0.717) is 0 Å². The third kappa shape index (κ3) is 6.08. The van der Waals surface area contributed by atoms with Crippen molar-refractivity contribution in [2.75, 3.05) is 6.61 Å². The van der Waals surface area contributed by atoms with E-state index in [1.165, 1.54) is 13.8 Å². The molecular weight excluding hydrogens is 392 g/mol. The minimum absolute atomic E-state index is 0.236. The zero-order valence-electron chi connectivity index (χ0n) is 13.6. The second-order valence-electron chi connectivity index (χ2n) is 5.05. The summed E-state index contributed by atoms with van der Waals surface area (Å²) >= 11 is 3.18. The molecule has 0 aliphatic carbocycles. The molecule has 0 aromatic rings. The molecule has 0 saturated carbocycles. The van der Waals surface area contributed by atoms with Crippen LogP contribution in [0.15, 0.2) is 0 Å². The van der Waals surface area contributed by atoms with Gasteiger partial charge in [0.05, 0.1) is 0 Å². The van der Waals surface area contributed by atoms with Gasteiger partial charge in [-0.25, -0.2) is 0 Å². The summed E-state index contributed by atoms with van der Waals surface area (Å²) in [6.07, 6.45) is -4.22. The van der Waals surface area contributed by atoms with Crippen LogP contribution in [-0.2, 0) is 42.9 Å². The molecule has 0 aromatic carbocycles. The van der Waals surface area contributed by atoms with Gasteiger partial charge in [-0.15, -0.1) is 0 Å². The van der Waals surface area contributed by atoms with Gasteiger partial charge in [-0.3, -0.25) is 19.2 Å². The summed E-state index contributed by atoms with van der Waals surface area (Å²) in [5, 5.41) is -0.863. The lowest BCUT2D eigenvalue weighted by Crippen LogP contribution is -2.60. The van der Waals surface area contributed by atoms with Crippen LogP contribution in [0.4, 0.5) is 0 Å². The molecule has 0 unspecified atom stereocenters. The number of hydrogen-bond donors (Lipinski definition) is 0. The van der Waals surface area contributed by atoms with Crippen molar-refractivity contribution in [2.45, 2.75) is 57.1 Å². The molecular formula is C14H19BrO9. The van der Waals surface area contributed by atoms with Crippen LogP contribution in [0.1, 0.15) is 27.7 Å². The Balaban J connectivity index is 3.11. The zero-order chi connectivity index (χ0) is 18.4. The summed E-state index contributed by atoms with van der Waals surface area (Å²) in [5.41, 5.74) is 0. The summed E-state index contributed by atoms with van der Waals surface area (Å²) in [4.78, 5) is 45.1. The van der Waals surface area contributed by atoms with Crippen LogP contribution in [0.3, 0.4) is 0 Å². The smallest absolute Gasteiger partial charge is 0.303 e. The van der Waals surface area contributed by atoms with Crippen LogP contribution >= 0.6 is 15.9 Å². The van der Waals surface area contributed by atoms with E-state index in [4.69, 9.17) is 23.7 Å². The van der Waals surface area contributed by atoms with E-state index in [9.17, 15) is 19.2 Å². The minimum Gasteiger partial charge on any atom is -0.463 e. The minimum atomic E-state index is -1.13. The van der Waals surface area contributed by atoms with E-state index in [0.717, 1.165) is 13.8 Å². The number of carbonyl (C=O) groups excluding carboxylic acids is 4. The molecule has 0 aromatic heterocycles. The molecule has 0 radical (unpaired) electrons. The standard InChI is InChI=1S/C14H19BrO9/c1-6(16)20-5-10-11(21-7(2)17)12(22-8(3)18)13(14(15)24-10)23-9(4)19/h10-14H,5H2,1-4H3/t10-,11-,12-,13+,14-/m0/s1. The van der Waals surface area contributed by atoms with E-state index in [2.05, 4.69) is 15.9 Å². The van der Waals surface area contributed by atoms with Crippen LogP contribution in [-0.4, -0.2) is 59.9 Å². The number of rotatable bonds is 5. The first-order valence-corrected chi connectivity index (χ1v) is 7.98. The number of esters is 4. The summed E-state index contributed by atoms with van der Waals surface area (Å²) in [7, 11) is 0. The third-order valence-corrected chi connectivity index (χ3v) is 3.67. The van der Waals surface area contributed by atoms with Crippen molar-refractivity contribution in [3.8, 4) is 0 Å². The lowest BCUT2D eigenvalue weighted by molar-refractivity contribution is -0.236. The highest BCUT2D eigenvalue weighted by Crippen LogP contribution is 2.31. The van der Waals surface area contributed by atoms with E-state index in [1.54, 1.807) is 0 Å². The van der Waals surface area contributed by atoms with Crippen LogP contribution in [0.25, 0.3) is 0 Å². The molecule has 1 heterocycles. The van der Waals surface area contributed by atoms with Gasteiger partial charge in [0.15, 0.2) is 23.3 Å². The number of ether oxygens (including phenoxy) is 5. The number of alkyl halides is 1. The Kier molecular flexibility index (Phi) is 7.61. The largest absolute Gasteiger partial charge is 0.463 e. The van der Waals surface area contributed by atoms with Gasteiger partial charge in [0.1, 0.15) is 12.7 Å². The lowest BCUT2D eigenvalue weighted by Gasteiger charge is -2.42. The van der Waals surface area contributed by atoms with Gasteiger partial charge in [-0.2, -0.15) is 0 Å². The molecule has 0 amide bonds. The Morgan fingerprint density at radius 3 is 1.71 bits per heavy atom. The molecule has 0 spiro atoms. The van der Waals surface area contributed by atoms with Crippen molar-refractivity contribution in [2.24, 2.45) is 0 Å². The SMILES string of the molecule is CC(=O)OC[C@@H]1O[C@H](Br)[C@H](OC(C)=O)[C@@H](OC(C)=O)[C@H]1OC(C)=O. The van der Waals surface area contributed by atoms with Gasteiger partial charge in [0.2, 0.25) is 0 Å². The normalized spacial score (nSPS) is 29.3. The lowest BCUT2D eigenvalue weighted by atomic mass is 9.99. The second-order valence-corrected chi connectivity index (χ2v) is 5.95. The fraction of sp³-hybridized carbons (Fsp3) is 0.714. The maximum atomic E-state index is 11.4. The Morgan fingerprint density at radius 2 is 1.25 bits per heavy atom. The van der Waals surface area contributed by atoms with Gasteiger partial charge >= 0.3 is 23.9 Å². The van der Waals surface area contributed by atoms with Crippen molar-refractivity contribution in [1.29, 1.82) is 0 Å². The van der Waals surface area contributed by atoms with Crippen molar-refractivity contribution >= 4 is 39.8 Å². The summed E-state index contributed by atoms with van der Waals surface area (Å²) < 4.78 is 25.9. The summed E-state index contributed by atoms with van der Waals surface area (Å²) in [5.74, 6) is -2.52. The number of halogens is 1. The molecule has 1 fully saturated rings. The van der Waals surface area contributed by atoms with E-state index in [-0.39, 0.29) is 6.61 Å². The average molecular weight is 411 g/mol. The van der Waals surface area contributed by atoms with Crippen LogP contribution in [0.2, 0.25) is 0 Å². The molecule has 1 aliphatic rings. The topological polar surface area (TPSA) is 114 Å². The van der Waals surface area contributed by atoms with Crippen molar-refractivity contribution < 1.29 is 42.9 Å². The third-order valence-electron chi connectivity index (χ3n) is 2.93. The van der Waals surface area contributed by atoms with E-state index < -0.39 is 53.3 Å². The van der Waals surface area contributed by atoms with Gasteiger partial charge in [-0.05, 0) is 0 Å². The Bertz CT molecular complexity index is 506. The highest BCUT2D eigenvalue weighted by Gasteiger charge is 2.51. The zero-order valence-corrected chi connectivity index (χ0v) is 15.2. The second kappa shape index (κ2) is 8.97.